The van der Waals surface area contributed by atoms with Crippen molar-refractivity contribution in [2.75, 3.05) is 43.9 Å². The number of rotatable bonds is 14. The summed E-state index contributed by atoms with van der Waals surface area (Å²) in [6.45, 7) is 1.47. The molecule has 3 N–H and O–H groups in total. The number of ether oxygens (including phenoxy) is 1. The van der Waals surface area contributed by atoms with E-state index in [0.29, 0.717) is 30.0 Å². The average molecular weight is 750 g/mol. The molecule has 1 aliphatic carbocycles. The summed E-state index contributed by atoms with van der Waals surface area (Å²) in [4.78, 5) is 29.9. The normalized spacial score (nSPS) is 17.9. The Morgan fingerprint density at radius 3 is 2.25 bits per heavy atom. The van der Waals surface area contributed by atoms with E-state index in [-0.39, 0.29) is 16.7 Å². The lowest BCUT2D eigenvalue weighted by Gasteiger charge is -2.35. The van der Waals surface area contributed by atoms with Gasteiger partial charge in [-0.05, 0) is 75.1 Å². The van der Waals surface area contributed by atoms with Gasteiger partial charge in [0.1, 0.15) is 11.6 Å². The van der Waals surface area contributed by atoms with Crippen LogP contribution in [-0.2, 0) is 20.0 Å². The predicted octanol–water partition coefficient (Wildman–Crippen LogP) is 7.96. The Balaban J connectivity index is 1.13. The summed E-state index contributed by atoms with van der Waals surface area (Å²) in [5, 5.41) is 1.63. The Morgan fingerprint density at radius 1 is 0.923 bits per heavy atom. The highest BCUT2D eigenvalue weighted by molar-refractivity contribution is 7.47. The van der Waals surface area contributed by atoms with Gasteiger partial charge in [-0.25, -0.2) is 19.9 Å². The fourth-order valence-electron chi connectivity index (χ4n) is 6.83. The monoisotopic (exact) mass is 749 g/mol. The standard InChI is InChI=1S/C38H49ClN7O5P/c1-44-23-21-31(22-24-44)45(2)37-41-36(30-17-9-3-4-10-18-30)42-38(43-37)46(40)32-19-20-34(33(39)26-32)49-27-50-52(47,48)51-35(29-15-11-6-12-16-29)25-28-13-7-5-8-14-28/h5-8,11-16,19-20,26,30-31,35H,3-4,9-10,17-18,21-25,27,40H2,1-2H3,(H,47,48). The van der Waals surface area contributed by atoms with Gasteiger partial charge in [-0.3, -0.25) is 4.52 Å². The molecule has 0 spiro atoms. The Bertz CT molecular complexity index is 1780. The number of phosphoric ester groups is 1. The van der Waals surface area contributed by atoms with Crippen LogP contribution in [0.3, 0.4) is 0 Å². The zero-order chi connectivity index (χ0) is 36.5. The van der Waals surface area contributed by atoms with E-state index in [9.17, 15) is 9.46 Å². The molecule has 1 saturated carbocycles. The van der Waals surface area contributed by atoms with Crippen molar-refractivity contribution >= 4 is 37.0 Å². The van der Waals surface area contributed by atoms with Gasteiger partial charge in [0.2, 0.25) is 11.9 Å². The molecule has 1 aliphatic heterocycles. The molecule has 1 saturated heterocycles. The van der Waals surface area contributed by atoms with Gasteiger partial charge in [0, 0.05) is 25.4 Å². The second kappa shape index (κ2) is 17.9. The van der Waals surface area contributed by atoms with Gasteiger partial charge < -0.3 is 19.4 Å². The summed E-state index contributed by atoms with van der Waals surface area (Å²) < 4.78 is 29.6. The minimum absolute atomic E-state index is 0.221. The number of benzene rings is 3. The molecule has 2 unspecified atom stereocenters. The second-order valence-corrected chi connectivity index (χ2v) is 15.5. The fraction of sp³-hybridized carbons (Fsp3) is 0.447. The Morgan fingerprint density at radius 2 is 1.58 bits per heavy atom. The van der Waals surface area contributed by atoms with Gasteiger partial charge in [-0.1, -0.05) is 97.9 Å². The van der Waals surface area contributed by atoms with Crippen molar-refractivity contribution in [3.63, 3.8) is 0 Å². The number of hydrogen-bond acceptors (Lipinski definition) is 11. The molecule has 2 fully saturated rings. The summed E-state index contributed by atoms with van der Waals surface area (Å²) in [5.74, 6) is 8.88. The maximum Gasteiger partial charge on any atom is 0.475 e. The number of halogens is 1. The van der Waals surface area contributed by atoms with Gasteiger partial charge in [-0.2, -0.15) is 15.0 Å². The molecular formula is C38H49ClN7O5P. The number of nitrogens with two attached hydrogens (primary N) is 1. The number of hydrogen-bond donors (Lipinski definition) is 2. The van der Waals surface area contributed by atoms with Crippen LogP contribution in [0.2, 0.25) is 5.02 Å². The first-order valence-corrected chi connectivity index (χ1v) is 19.9. The van der Waals surface area contributed by atoms with Crippen molar-refractivity contribution in [2.24, 2.45) is 5.84 Å². The third-order valence-electron chi connectivity index (χ3n) is 9.94. The van der Waals surface area contributed by atoms with Crippen LogP contribution in [0.15, 0.2) is 78.9 Å². The Kier molecular flexibility index (Phi) is 13.2. The third-order valence-corrected chi connectivity index (χ3v) is 11.2. The van der Waals surface area contributed by atoms with Gasteiger partial charge in [0.05, 0.1) is 16.8 Å². The topological polar surface area (TPSA) is 139 Å². The molecule has 4 aromatic rings. The second-order valence-electron chi connectivity index (χ2n) is 13.7. The van der Waals surface area contributed by atoms with Crippen LogP contribution < -0.4 is 20.5 Å². The van der Waals surface area contributed by atoms with Gasteiger partial charge in [0.25, 0.3) is 0 Å². The number of aromatic nitrogens is 3. The van der Waals surface area contributed by atoms with Crippen molar-refractivity contribution in [1.82, 2.24) is 19.9 Å². The van der Waals surface area contributed by atoms with E-state index in [0.717, 1.165) is 68.6 Å². The van der Waals surface area contributed by atoms with E-state index in [1.165, 1.54) is 17.9 Å². The van der Waals surface area contributed by atoms with Crippen LogP contribution in [0, 0.1) is 0 Å². The van der Waals surface area contributed by atoms with Crippen molar-refractivity contribution in [3.8, 4) is 5.75 Å². The number of anilines is 3. The lowest BCUT2D eigenvalue weighted by molar-refractivity contribution is 0.0482. The number of nitrogens with zero attached hydrogens (tertiary/aromatic N) is 6. The van der Waals surface area contributed by atoms with Crippen molar-refractivity contribution in [1.29, 1.82) is 0 Å². The molecule has 0 bridgehead atoms. The van der Waals surface area contributed by atoms with Crippen molar-refractivity contribution in [2.45, 2.75) is 75.9 Å². The minimum Gasteiger partial charge on any atom is -0.465 e. The summed E-state index contributed by atoms with van der Waals surface area (Å²) in [6, 6.07) is 24.1. The molecule has 2 heterocycles. The first-order chi connectivity index (χ1) is 25.1. The largest absolute Gasteiger partial charge is 0.475 e. The maximum atomic E-state index is 13.1. The SMILES string of the molecule is CN1CCC(N(C)c2nc(C3CCCCCC3)nc(N(N)c3ccc(OCOP(=O)(O)OC(Cc4ccccc4)c4ccccc4)c(Cl)c3)n2)CC1. The van der Waals surface area contributed by atoms with Crippen LogP contribution in [0.25, 0.3) is 0 Å². The molecule has 2 atom stereocenters. The molecule has 14 heteroatoms. The van der Waals surface area contributed by atoms with Crippen LogP contribution in [0.1, 0.15) is 80.3 Å². The highest BCUT2D eigenvalue weighted by Crippen LogP contribution is 2.49. The van der Waals surface area contributed by atoms with Crippen LogP contribution in [0.4, 0.5) is 17.6 Å². The fourth-order valence-corrected chi connectivity index (χ4v) is 7.83. The molecule has 52 heavy (non-hydrogen) atoms. The minimum atomic E-state index is -4.54. The summed E-state index contributed by atoms with van der Waals surface area (Å²) >= 11 is 6.64. The van der Waals surface area contributed by atoms with E-state index < -0.39 is 20.7 Å². The zero-order valence-corrected chi connectivity index (χ0v) is 31.5. The van der Waals surface area contributed by atoms with Gasteiger partial charge in [-0.15, -0.1) is 0 Å². The first-order valence-electron chi connectivity index (χ1n) is 18.0. The van der Waals surface area contributed by atoms with Crippen molar-refractivity contribution < 1.29 is 23.2 Å². The van der Waals surface area contributed by atoms with Crippen LogP contribution in [0.5, 0.6) is 5.75 Å². The molecule has 2 aliphatic rings. The Hall–Kier alpha value is -3.61. The summed E-state index contributed by atoms with van der Waals surface area (Å²) in [7, 11) is -0.335. The molecule has 0 radical (unpaired) electrons. The van der Waals surface area contributed by atoms with Gasteiger partial charge in [0.15, 0.2) is 6.79 Å². The molecule has 6 rings (SSSR count). The molecule has 0 amide bonds. The highest BCUT2D eigenvalue weighted by atomic mass is 35.5. The predicted molar refractivity (Wildman–Crippen MR) is 204 cm³/mol. The van der Waals surface area contributed by atoms with Crippen molar-refractivity contribution in [3.05, 3.63) is 101 Å². The quantitative estimate of drug-likeness (QED) is 0.0425. The molecule has 12 nitrogen and oxygen atoms in total. The summed E-state index contributed by atoms with van der Waals surface area (Å²) in [5.41, 5.74) is 2.23. The van der Waals surface area contributed by atoms with Crippen LogP contribution >= 0.6 is 19.4 Å². The smallest absolute Gasteiger partial charge is 0.465 e. The molecule has 278 valence electrons. The van der Waals surface area contributed by atoms with E-state index in [2.05, 4.69) is 23.9 Å². The van der Waals surface area contributed by atoms with Crippen LogP contribution in [-0.4, -0.2) is 64.8 Å². The third kappa shape index (κ3) is 10.3. The van der Waals surface area contributed by atoms with E-state index in [4.69, 9.17) is 46.2 Å². The van der Waals surface area contributed by atoms with Gasteiger partial charge >= 0.3 is 7.82 Å². The molecule has 1 aromatic heterocycles. The first kappa shape index (κ1) is 38.1. The number of likely N-dealkylation sites (tertiary alicyclic amines) is 1. The molecule has 3 aromatic carbocycles. The number of phosphoric acid groups is 1. The maximum absolute atomic E-state index is 13.1. The lowest BCUT2D eigenvalue weighted by atomic mass is 9.99. The molecular weight excluding hydrogens is 701 g/mol. The zero-order valence-electron chi connectivity index (χ0n) is 29.9. The van der Waals surface area contributed by atoms with E-state index >= 15 is 0 Å². The number of hydrazine groups is 1. The average Bonchev–Trinajstić information content (AvgIpc) is 3.45. The number of piperidine rings is 1. The highest BCUT2D eigenvalue weighted by Gasteiger charge is 2.29. The van der Waals surface area contributed by atoms with E-state index in [1.54, 1.807) is 18.2 Å². The summed E-state index contributed by atoms with van der Waals surface area (Å²) in [6.07, 6.45) is 8.54. The Labute approximate surface area is 311 Å². The lowest BCUT2D eigenvalue weighted by Crippen LogP contribution is -2.43. The van der Waals surface area contributed by atoms with E-state index in [1.807, 2.05) is 60.7 Å².